The fourth-order valence-corrected chi connectivity index (χ4v) is 4.49. The van der Waals surface area contributed by atoms with Crippen LogP contribution in [0.3, 0.4) is 0 Å². The molecule has 24 heavy (non-hydrogen) atoms. The predicted molar refractivity (Wildman–Crippen MR) is 91.2 cm³/mol. The van der Waals surface area contributed by atoms with Crippen LogP contribution in [0.2, 0.25) is 0 Å². The first-order valence-corrected chi connectivity index (χ1v) is 8.81. The second-order valence-electron chi connectivity index (χ2n) is 7.08. The Morgan fingerprint density at radius 3 is 2.92 bits per heavy atom. The predicted octanol–water partition coefficient (Wildman–Crippen LogP) is 2.93. The van der Waals surface area contributed by atoms with Gasteiger partial charge in [0.1, 0.15) is 5.75 Å². The van der Waals surface area contributed by atoms with Crippen LogP contribution >= 0.6 is 0 Å². The number of benzene rings is 1. The molecule has 1 heterocycles. The van der Waals surface area contributed by atoms with Crippen molar-refractivity contribution in [2.45, 2.75) is 44.8 Å². The second-order valence-corrected chi connectivity index (χ2v) is 7.08. The van der Waals surface area contributed by atoms with Crippen molar-refractivity contribution < 1.29 is 19.4 Å². The number of carboxylic acid groups (broad SMARTS) is 1. The highest BCUT2D eigenvalue weighted by Crippen LogP contribution is 2.46. The fraction of sp³-hybridized carbons (Fsp3) is 0.632. The molecule has 0 amide bonds. The van der Waals surface area contributed by atoms with Crippen LogP contribution in [0, 0.1) is 5.41 Å². The lowest BCUT2D eigenvalue weighted by atomic mass is 9.76. The van der Waals surface area contributed by atoms with Gasteiger partial charge in [-0.2, -0.15) is 0 Å². The van der Waals surface area contributed by atoms with E-state index < -0.39 is 5.97 Å². The van der Waals surface area contributed by atoms with Gasteiger partial charge in [0.15, 0.2) is 6.61 Å². The van der Waals surface area contributed by atoms with E-state index in [1.165, 1.54) is 32.1 Å². The van der Waals surface area contributed by atoms with E-state index >= 15 is 0 Å². The van der Waals surface area contributed by atoms with Gasteiger partial charge >= 0.3 is 5.97 Å². The Morgan fingerprint density at radius 2 is 2.12 bits per heavy atom. The van der Waals surface area contributed by atoms with Crippen LogP contribution < -0.4 is 4.74 Å². The molecule has 0 unspecified atom stereocenters. The number of aliphatic carboxylic acids is 1. The van der Waals surface area contributed by atoms with E-state index in [4.69, 9.17) is 14.6 Å². The molecule has 1 N–H and O–H groups in total. The van der Waals surface area contributed by atoms with Crippen molar-refractivity contribution in [2.24, 2.45) is 5.41 Å². The molecule has 0 aromatic heterocycles. The summed E-state index contributed by atoms with van der Waals surface area (Å²) in [7, 11) is 1.84. The molecule has 3 rings (SSSR count). The Bertz CT molecular complexity index is 576. The van der Waals surface area contributed by atoms with Crippen LogP contribution in [0.5, 0.6) is 5.75 Å². The van der Waals surface area contributed by atoms with E-state index in [1.807, 2.05) is 31.4 Å². The molecule has 132 valence electrons. The number of piperidine rings is 1. The van der Waals surface area contributed by atoms with Gasteiger partial charge in [-0.25, -0.2) is 4.79 Å². The molecule has 0 bridgehead atoms. The smallest absolute Gasteiger partial charge is 0.341 e. The van der Waals surface area contributed by atoms with Gasteiger partial charge in [0.2, 0.25) is 0 Å². The van der Waals surface area contributed by atoms with Gasteiger partial charge < -0.3 is 14.6 Å². The number of ether oxygens (including phenoxy) is 2. The number of hydrogen-bond donors (Lipinski definition) is 1. The van der Waals surface area contributed by atoms with Crippen LogP contribution in [-0.4, -0.2) is 48.9 Å². The van der Waals surface area contributed by atoms with Crippen LogP contribution in [0.1, 0.15) is 37.7 Å². The monoisotopic (exact) mass is 333 g/mol. The number of hydrogen-bond acceptors (Lipinski definition) is 4. The number of rotatable bonds is 6. The third-order valence-corrected chi connectivity index (χ3v) is 5.51. The van der Waals surface area contributed by atoms with E-state index in [9.17, 15) is 4.79 Å². The number of carboxylic acids is 1. The van der Waals surface area contributed by atoms with E-state index in [2.05, 4.69) is 4.90 Å². The summed E-state index contributed by atoms with van der Waals surface area (Å²) in [5.41, 5.74) is 1.35. The highest BCUT2D eigenvalue weighted by molar-refractivity contribution is 5.68. The van der Waals surface area contributed by atoms with Crippen LogP contribution in [0.25, 0.3) is 0 Å². The molecule has 1 saturated carbocycles. The zero-order valence-corrected chi connectivity index (χ0v) is 14.4. The number of para-hydroxylation sites is 1. The maximum Gasteiger partial charge on any atom is 0.341 e. The largest absolute Gasteiger partial charge is 0.482 e. The summed E-state index contributed by atoms with van der Waals surface area (Å²) in [6.45, 7) is 2.63. The third-order valence-electron chi connectivity index (χ3n) is 5.51. The van der Waals surface area contributed by atoms with Crippen molar-refractivity contribution in [3.63, 3.8) is 0 Å². The van der Waals surface area contributed by atoms with Gasteiger partial charge in [0.25, 0.3) is 0 Å². The maximum atomic E-state index is 10.8. The summed E-state index contributed by atoms with van der Waals surface area (Å²) in [5, 5.41) is 8.83. The molecule has 1 saturated heterocycles. The molecule has 1 spiro atoms. The highest BCUT2D eigenvalue weighted by atomic mass is 16.5. The Hall–Kier alpha value is -1.59. The summed E-state index contributed by atoms with van der Waals surface area (Å²) in [6, 6.07) is 7.75. The summed E-state index contributed by atoms with van der Waals surface area (Å²) in [6.07, 6.45) is 6.49. The Kier molecular flexibility index (Phi) is 5.41. The minimum absolute atomic E-state index is 0.296. The minimum Gasteiger partial charge on any atom is -0.482 e. The SMILES string of the molecule is CO[C@@H]1CCC[C@@]12CCCN(Cc1ccccc1OCC(=O)O)C2. The molecule has 0 radical (unpaired) electrons. The first-order chi connectivity index (χ1) is 11.6. The summed E-state index contributed by atoms with van der Waals surface area (Å²) in [4.78, 5) is 13.2. The molecule has 1 aromatic carbocycles. The molecule has 1 aliphatic carbocycles. The molecule has 1 aromatic rings. The van der Waals surface area contributed by atoms with Gasteiger partial charge in [-0.05, 0) is 38.3 Å². The van der Waals surface area contributed by atoms with Crippen molar-refractivity contribution in [1.82, 2.24) is 4.90 Å². The standard InChI is InChI=1S/C19H27NO4/c1-23-17-8-4-9-19(17)10-5-11-20(14-19)12-15-6-2-3-7-16(15)24-13-18(21)22/h2-3,6-7,17H,4-5,8-14H2,1H3,(H,21,22)/t17-,19+/m1/s1. The Morgan fingerprint density at radius 1 is 1.33 bits per heavy atom. The van der Waals surface area contributed by atoms with Crippen molar-refractivity contribution in [3.8, 4) is 5.75 Å². The van der Waals surface area contributed by atoms with Gasteiger partial charge in [-0.15, -0.1) is 0 Å². The molecule has 5 nitrogen and oxygen atoms in total. The molecule has 2 fully saturated rings. The lowest BCUT2D eigenvalue weighted by Gasteiger charge is -2.43. The number of carbonyl (C=O) groups is 1. The molecular weight excluding hydrogens is 306 g/mol. The summed E-state index contributed by atoms with van der Waals surface area (Å²) < 4.78 is 11.2. The topological polar surface area (TPSA) is 59.0 Å². The Labute approximate surface area is 143 Å². The van der Waals surface area contributed by atoms with Crippen LogP contribution in [0.4, 0.5) is 0 Å². The van der Waals surface area contributed by atoms with Crippen molar-refractivity contribution in [2.75, 3.05) is 26.8 Å². The maximum absolute atomic E-state index is 10.8. The quantitative estimate of drug-likeness (QED) is 0.867. The molecule has 2 aliphatic rings. The number of methoxy groups -OCH3 is 1. The average Bonchev–Trinajstić information content (AvgIpc) is 2.95. The van der Waals surface area contributed by atoms with Gasteiger partial charge in [0, 0.05) is 31.2 Å². The molecule has 2 atom stereocenters. The number of likely N-dealkylation sites (tertiary alicyclic amines) is 1. The highest BCUT2D eigenvalue weighted by Gasteiger charge is 2.45. The van der Waals surface area contributed by atoms with Gasteiger partial charge in [-0.1, -0.05) is 24.6 Å². The van der Waals surface area contributed by atoms with Crippen molar-refractivity contribution in [1.29, 1.82) is 0 Å². The van der Waals surface area contributed by atoms with E-state index in [-0.39, 0.29) is 6.61 Å². The van der Waals surface area contributed by atoms with Crippen LogP contribution in [0.15, 0.2) is 24.3 Å². The van der Waals surface area contributed by atoms with Crippen molar-refractivity contribution >= 4 is 5.97 Å². The summed E-state index contributed by atoms with van der Waals surface area (Å²) in [5.74, 6) is -0.273. The zero-order chi connectivity index (χ0) is 17.0. The minimum atomic E-state index is -0.948. The average molecular weight is 333 g/mol. The van der Waals surface area contributed by atoms with Crippen molar-refractivity contribution in [3.05, 3.63) is 29.8 Å². The summed E-state index contributed by atoms with van der Waals surface area (Å²) >= 11 is 0. The van der Waals surface area contributed by atoms with E-state index in [1.54, 1.807) is 0 Å². The normalized spacial score (nSPS) is 27.5. The lowest BCUT2D eigenvalue weighted by Crippen LogP contribution is -2.47. The van der Waals surface area contributed by atoms with E-state index in [0.717, 1.165) is 25.2 Å². The molecule has 5 heteroatoms. The number of nitrogens with zero attached hydrogens (tertiary/aromatic N) is 1. The molecule has 1 aliphatic heterocycles. The van der Waals surface area contributed by atoms with Crippen LogP contribution in [-0.2, 0) is 16.1 Å². The Balaban J connectivity index is 1.69. The van der Waals surface area contributed by atoms with Gasteiger partial charge in [0.05, 0.1) is 6.10 Å². The molecular formula is C19H27NO4. The van der Waals surface area contributed by atoms with Gasteiger partial charge in [-0.3, -0.25) is 4.90 Å². The second kappa shape index (κ2) is 7.53. The lowest BCUT2D eigenvalue weighted by molar-refractivity contribution is -0.139. The zero-order valence-electron chi connectivity index (χ0n) is 14.4. The third kappa shape index (κ3) is 3.73. The van der Waals surface area contributed by atoms with E-state index in [0.29, 0.717) is 17.3 Å². The first-order valence-electron chi connectivity index (χ1n) is 8.81. The fourth-order valence-electron chi connectivity index (χ4n) is 4.49. The first kappa shape index (κ1) is 17.2.